The van der Waals surface area contributed by atoms with Crippen molar-refractivity contribution in [1.82, 2.24) is 24.4 Å². The van der Waals surface area contributed by atoms with Crippen molar-refractivity contribution >= 4 is 56.2 Å². The predicted octanol–water partition coefficient (Wildman–Crippen LogP) is 6.39. The van der Waals surface area contributed by atoms with Crippen LogP contribution in [0.1, 0.15) is 21.7 Å². The van der Waals surface area contributed by atoms with Gasteiger partial charge in [-0.1, -0.05) is 35.9 Å². The highest BCUT2D eigenvalue weighted by Crippen LogP contribution is 2.33. The number of halogens is 5. The van der Waals surface area contributed by atoms with Crippen LogP contribution in [0, 0.1) is 0 Å². The average molecular weight is 582 g/mol. The zero-order valence-electron chi connectivity index (χ0n) is 17.4. The average Bonchev–Trinajstić information content (AvgIpc) is 3.54. The van der Waals surface area contributed by atoms with Crippen molar-refractivity contribution in [3.63, 3.8) is 0 Å². The number of rotatable bonds is 5. The van der Waals surface area contributed by atoms with Gasteiger partial charge in [-0.2, -0.15) is 23.4 Å². The molecule has 0 aliphatic heterocycles. The number of carbonyl (C=O) groups is 1. The number of carbonyl (C=O) groups excluding carboxylic acids is 1. The first-order chi connectivity index (χ1) is 16.7. The zero-order valence-corrected chi connectivity index (χ0v) is 20.6. The molecule has 4 aromatic heterocycles. The Hall–Kier alpha value is -3.22. The molecule has 0 aliphatic rings. The summed E-state index contributed by atoms with van der Waals surface area (Å²) in [5.74, 6) is -0.549. The van der Waals surface area contributed by atoms with Gasteiger partial charge in [-0.3, -0.25) is 9.48 Å². The SMILES string of the molecule is O=C(Nc1nn(Cc2ccccc2Cl)cc1Br)c1cc2nc(-c3cccs3)cc(C(F)(F)F)n2n1. The van der Waals surface area contributed by atoms with Crippen molar-refractivity contribution in [2.24, 2.45) is 0 Å². The van der Waals surface area contributed by atoms with Crippen LogP contribution < -0.4 is 5.32 Å². The minimum atomic E-state index is -4.70. The number of anilines is 1. The Morgan fingerprint density at radius 2 is 1.94 bits per heavy atom. The molecule has 0 bridgehead atoms. The van der Waals surface area contributed by atoms with Gasteiger partial charge in [0.05, 0.1) is 21.6 Å². The van der Waals surface area contributed by atoms with Gasteiger partial charge in [-0.15, -0.1) is 11.3 Å². The van der Waals surface area contributed by atoms with E-state index in [1.165, 1.54) is 17.4 Å². The van der Waals surface area contributed by atoms with Crippen LogP contribution in [-0.2, 0) is 12.7 Å². The number of alkyl halides is 3. The molecule has 13 heteroatoms. The fourth-order valence-corrected chi connectivity index (χ4v) is 4.67. The number of aromatic nitrogens is 5. The van der Waals surface area contributed by atoms with Crippen LogP contribution in [0.4, 0.5) is 19.0 Å². The van der Waals surface area contributed by atoms with Gasteiger partial charge in [0.15, 0.2) is 22.9 Å². The molecule has 0 unspecified atom stereocenters. The van der Waals surface area contributed by atoms with Crippen molar-refractivity contribution in [3.8, 4) is 10.6 Å². The van der Waals surface area contributed by atoms with Gasteiger partial charge in [0.25, 0.3) is 5.91 Å². The van der Waals surface area contributed by atoms with Crippen molar-refractivity contribution in [3.05, 3.63) is 86.6 Å². The Balaban J connectivity index is 1.45. The number of benzene rings is 1. The monoisotopic (exact) mass is 580 g/mol. The fraction of sp³-hybridized carbons (Fsp3) is 0.0909. The normalized spacial score (nSPS) is 11.8. The van der Waals surface area contributed by atoms with E-state index in [-0.39, 0.29) is 22.9 Å². The maximum Gasteiger partial charge on any atom is 0.433 e. The summed E-state index contributed by atoms with van der Waals surface area (Å²) in [7, 11) is 0. The molecule has 0 radical (unpaired) electrons. The summed E-state index contributed by atoms with van der Waals surface area (Å²) in [6.45, 7) is 0.354. The van der Waals surface area contributed by atoms with Crippen LogP contribution in [0.3, 0.4) is 0 Å². The smallest absolute Gasteiger partial charge is 0.303 e. The van der Waals surface area contributed by atoms with E-state index in [2.05, 4.69) is 36.4 Å². The van der Waals surface area contributed by atoms with E-state index >= 15 is 0 Å². The summed E-state index contributed by atoms with van der Waals surface area (Å²) < 4.78 is 43.9. The van der Waals surface area contributed by atoms with Crippen LogP contribution in [0.25, 0.3) is 16.2 Å². The van der Waals surface area contributed by atoms with Crippen molar-refractivity contribution in [2.75, 3.05) is 5.32 Å². The molecule has 0 saturated carbocycles. The molecule has 0 spiro atoms. The number of fused-ring (bicyclic) bond motifs is 1. The molecule has 0 atom stereocenters. The number of hydrogen-bond acceptors (Lipinski definition) is 5. The molecule has 0 saturated heterocycles. The van der Waals surface area contributed by atoms with Gasteiger partial charge < -0.3 is 5.32 Å². The second-order valence-corrected chi connectivity index (χ2v) is 9.58. The predicted molar refractivity (Wildman–Crippen MR) is 130 cm³/mol. The largest absolute Gasteiger partial charge is 0.433 e. The van der Waals surface area contributed by atoms with Gasteiger partial charge in [-0.25, -0.2) is 9.50 Å². The van der Waals surface area contributed by atoms with Gasteiger partial charge in [-0.05, 0) is 45.1 Å². The number of thiophene rings is 1. The maximum atomic E-state index is 13.7. The van der Waals surface area contributed by atoms with Gasteiger partial charge in [0, 0.05) is 17.3 Å². The quantitative estimate of drug-likeness (QED) is 0.261. The Bertz CT molecular complexity index is 1550. The minimum absolute atomic E-state index is 0.100. The van der Waals surface area contributed by atoms with E-state index in [1.807, 2.05) is 18.2 Å². The highest BCUT2D eigenvalue weighted by atomic mass is 79.9. The van der Waals surface area contributed by atoms with Gasteiger partial charge >= 0.3 is 6.18 Å². The summed E-state index contributed by atoms with van der Waals surface area (Å²) in [6, 6.07) is 12.8. The molecule has 5 aromatic rings. The van der Waals surface area contributed by atoms with Crippen LogP contribution in [0.5, 0.6) is 0 Å². The van der Waals surface area contributed by atoms with Crippen molar-refractivity contribution < 1.29 is 18.0 Å². The molecule has 1 amide bonds. The first kappa shape index (κ1) is 23.5. The molecular formula is C22H13BrClF3N6OS. The van der Waals surface area contributed by atoms with Crippen LogP contribution >= 0.6 is 38.9 Å². The maximum absolute atomic E-state index is 13.7. The van der Waals surface area contributed by atoms with E-state index in [4.69, 9.17) is 11.6 Å². The van der Waals surface area contributed by atoms with Crippen LogP contribution in [-0.4, -0.2) is 30.3 Å². The summed E-state index contributed by atoms with van der Waals surface area (Å²) in [6.07, 6.45) is -3.05. The molecule has 35 heavy (non-hydrogen) atoms. The van der Waals surface area contributed by atoms with E-state index in [0.717, 1.165) is 11.6 Å². The Morgan fingerprint density at radius 1 is 1.14 bits per heavy atom. The fourth-order valence-electron chi connectivity index (χ4n) is 3.37. The molecule has 0 aliphatic carbocycles. The van der Waals surface area contributed by atoms with Gasteiger partial charge in [0.1, 0.15) is 0 Å². The summed E-state index contributed by atoms with van der Waals surface area (Å²) in [5.41, 5.74) is -0.395. The summed E-state index contributed by atoms with van der Waals surface area (Å²) >= 11 is 10.8. The van der Waals surface area contributed by atoms with Crippen LogP contribution in [0.15, 0.2) is 64.6 Å². The van der Waals surface area contributed by atoms with Crippen molar-refractivity contribution in [2.45, 2.75) is 12.7 Å². The Kier molecular flexibility index (Phi) is 6.11. The Labute approximate surface area is 213 Å². The third kappa shape index (κ3) is 4.81. The second kappa shape index (κ2) is 9.10. The lowest BCUT2D eigenvalue weighted by Gasteiger charge is -2.10. The molecule has 1 N–H and O–H groups in total. The lowest BCUT2D eigenvalue weighted by molar-refractivity contribution is -0.142. The van der Waals surface area contributed by atoms with Crippen molar-refractivity contribution in [1.29, 1.82) is 0 Å². The van der Waals surface area contributed by atoms with E-state index < -0.39 is 17.8 Å². The summed E-state index contributed by atoms with van der Waals surface area (Å²) in [4.78, 5) is 17.7. The zero-order chi connectivity index (χ0) is 24.7. The third-order valence-electron chi connectivity index (χ3n) is 4.96. The molecule has 5 rings (SSSR count). The standard InChI is InChI=1S/C22H13BrClF3N6OS/c23-13-11-32(10-12-4-1-2-5-14(12)24)31-20(13)29-21(34)16-9-19-28-15(17-6-3-7-35-17)8-18(22(25,26)27)33(19)30-16/h1-9,11H,10H2,(H,29,31,34). The highest BCUT2D eigenvalue weighted by Gasteiger charge is 2.36. The van der Waals surface area contributed by atoms with Crippen LogP contribution in [0.2, 0.25) is 5.02 Å². The number of nitrogens with one attached hydrogen (secondary N) is 1. The molecule has 4 heterocycles. The minimum Gasteiger partial charge on any atom is -0.303 e. The lowest BCUT2D eigenvalue weighted by atomic mass is 10.2. The number of hydrogen-bond donors (Lipinski definition) is 1. The lowest BCUT2D eigenvalue weighted by Crippen LogP contribution is -2.16. The topological polar surface area (TPSA) is 77.1 Å². The van der Waals surface area contributed by atoms with E-state index in [0.29, 0.717) is 25.4 Å². The third-order valence-corrected chi connectivity index (χ3v) is 6.80. The summed E-state index contributed by atoms with van der Waals surface area (Å²) in [5, 5.41) is 13.1. The first-order valence-electron chi connectivity index (χ1n) is 9.98. The molecule has 1 aromatic carbocycles. The highest BCUT2D eigenvalue weighted by molar-refractivity contribution is 9.10. The molecular weight excluding hydrogens is 569 g/mol. The first-order valence-corrected chi connectivity index (χ1v) is 12.0. The van der Waals surface area contributed by atoms with Gasteiger partial charge in [0.2, 0.25) is 0 Å². The molecule has 7 nitrogen and oxygen atoms in total. The molecule has 178 valence electrons. The van der Waals surface area contributed by atoms with E-state index in [9.17, 15) is 18.0 Å². The number of amides is 1. The molecule has 0 fully saturated rings. The number of nitrogens with zero attached hydrogens (tertiary/aromatic N) is 5. The second-order valence-electron chi connectivity index (χ2n) is 7.37. The van der Waals surface area contributed by atoms with E-state index in [1.54, 1.807) is 34.5 Å². The Morgan fingerprint density at radius 3 is 2.66 bits per heavy atom.